The van der Waals surface area contributed by atoms with Crippen molar-refractivity contribution >= 4 is 48.1 Å². The third-order valence-corrected chi connectivity index (χ3v) is 9.45. The molecule has 27 heavy (non-hydrogen) atoms. The molecule has 0 aliphatic carbocycles. The van der Waals surface area contributed by atoms with Crippen LogP contribution in [0, 0.1) is 0 Å². The van der Waals surface area contributed by atoms with Crippen LogP contribution in [0.15, 0.2) is 0 Å². The molecule has 0 unspecified atom stereocenters. The molecule has 0 aromatic rings. The van der Waals surface area contributed by atoms with Gasteiger partial charge in [-0.2, -0.15) is 27.0 Å². The predicted molar refractivity (Wildman–Crippen MR) is 140 cm³/mol. The third-order valence-electron chi connectivity index (χ3n) is 5.41. The first-order valence-corrected chi connectivity index (χ1v) is 16.2. The maximum absolute atomic E-state index is 2.31. The minimum Gasteiger partial charge on any atom is -0.197 e. The quantitative estimate of drug-likeness (QED) is 0.0975. The van der Waals surface area contributed by atoms with Crippen molar-refractivity contribution in [1.29, 1.82) is 0 Å². The molecule has 0 fully saturated rings. The summed E-state index contributed by atoms with van der Waals surface area (Å²) in [6.07, 6.45) is 29.8. The molecule has 0 saturated carbocycles. The summed E-state index contributed by atoms with van der Waals surface area (Å²) in [6, 6.07) is 0. The van der Waals surface area contributed by atoms with E-state index < -0.39 is 0 Å². The number of hydrogen-bond donors (Lipinski definition) is 0. The van der Waals surface area contributed by atoms with Gasteiger partial charge in [-0.1, -0.05) is 0 Å². The molecule has 0 aromatic heterocycles. The average molecular weight is 526 g/mol. The monoisotopic (exact) mass is 526 g/mol. The van der Waals surface area contributed by atoms with Gasteiger partial charge in [0.15, 0.2) is 0 Å². The Kier molecular flexibility index (Phi) is 39.5. The molecule has 0 rings (SSSR count). The normalized spacial score (nSPS) is 10.4. The van der Waals surface area contributed by atoms with E-state index >= 15 is 0 Å². The van der Waals surface area contributed by atoms with Crippen LogP contribution in [0.4, 0.5) is 0 Å². The van der Waals surface area contributed by atoms with Crippen LogP contribution in [0.1, 0.15) is 142 Å². The zero-order valence-corrected chi connectivity index (χ0v) is 23.9. The summed E-state index contributed by atoms with van der Waals surface area (Å²) in [5.74, 6) is 0. The topological polar surface area (TPSA) is 0 Å². The molecule has 0 N–H and O–H groups in total. The van der Waals surface area contributed by atoms with E-state index in [1.54, 1.807) is 21.7 Å². The minimum atomic E-state index is 0. The Hall–Kier alpha value is 1.50. The first kappa shape index (κ1) is 33.1. The van der Waals surface area contributed by atoms with Gasteiger partial charge in [-0.15, -0.1) is 0 Å². The fourth-order valence-corrected chi connectivity index (χ4v) is 7.17. The second-order valence-electron chi connectivity index (χ2n) is 8.11. The summed E-state index contributed by atoms with van der Waals surface area (Å²) >= 11 is 0.0377. The van der Waals surface area contributed by atoms with Gasteiger partial charge in [0, 0.05) is 0 Å². The van der Waals surface area contributed by atoms with Gasteiger partial charge in [-0.05, 0) is 0 Å². The van der Waals surface area contributed by atoms with E-state index in [-0.39, 0.29) is 48.1 Å². The van der Waals surface area contributed by atoms with Crippen LogP contribution < -0.4 is 0 Å². The molecule has 0 heterocycles. The first-order valence-electron chi connectivity index (χ1n) is 12.1. The zero-order chi connectivity index (χ0) is 18.3. The Morgan fingerprint density at radius 1 is 0.333 bits per heavy atom. The molecule has 0 aliphatic rings. The molecular weight excluding hydrogens is 471 g/mol. The Labute approximate surface area is 198 Å². The van der Waals surface area contributed by atoms with Crippen molar-refractivity contribution in [3.63, 3.8) is 0 Å². The van der Waals surface area contributed by atoms with Gasteiger partial charge < -0.3 is 0 Å². The molecular formula is C24H54S2Sn. The number of rotatable bonds is 22. The SMILES string of the molecule is CCCCCCCCCCC[CH2][Sn][CH2]CCCCCCCCCCC.S.S. The van der Waals surface area contributed by atoms with Crippen molar-refractivity contribution in [2.45, 2.75) is 151 Å². The first-order chi connectivity index (χ1) is 12.4. The van der Waals surface area contributed by atoms with Crippen molar-refractivity contribution in [3.05, 3.63) is 0 Å². The Morgan fingerprint density at radius 2 is 0.556 bits per heavy atom. The van der Waals surface area contributed by atoms with E-state index in [4.69, 9.17) is 0 Å². The molecule has 0 nitrogen and oxygen atoms in total. The Bertz CT molecular complexity index is 202. The second kappa shape index (κ2) is 32.2. The molecule has 0 spiro atoms. The number of hydrogen-bond acceptors (Lipinski definition) is 0. The molecule has 0 atom stereocenters. The fourth-order valence-electron chi connectivity index (χ4n) is 3.60. The second-order valence-corrected chi connectivity index (χ2v) is 12.4. The van der Waals surface area contributed by atoms with Crippen LogP contribution in [0.5, 0.6) is 0 Å². The molecule has 166 valence electrons. The van der Waals surface area contributed by atoms with E-state index in [9.17, 15) is 0 Å². The predicted octanol–water partition coefficient (Wildman–Crippen LogP) is 9.59. The molecule has 0 bridgehead atoms. The Morgan fingerprint density at radius 3 is 0.815 bits per heavy atom. The summed E-state index contributed by atoms with van der Waals surface area (Å²) < 4.78 is 3.33. The summed E-state index contributed by atoms with van der Waals surface area (Å²) in [7, 11) is 0. The van der Waals surface area contributed by atoms with E-state index in [0.29, 0.717) is 0 Å². The van der Waals surface area contributed by atoms with Crippen molar-refractivity contribution in [1.82, 2.24) is 0 Å². The Balaban J connectivity index is -0.00000288. The van der Waals surface area contributed by atoms with Gasteiger partial charge >= 0.3 is 172 Å². The fraction of sp³-hybridized carbons (Fsp3) is 1.00. The van der Waals surface area contributed by atoms with E-state index in [0.717, 1.165) is 0 Å². The van der Waals surface area contributed by atoms with E-state index in [1.165, 1.54) is 116 Å². The van der Waals surface area contributed by atoms with Crippen LogP contribution in [0.3, 0.4) is 0 Å². The van der Waals surface area contributed by atoms with Gasteiger partial charge in [0.05, 0.1) is 0 Å². The van der Waals surface area contributed by atoms with Gasteiger partial charge in [-0.3, -0.25) is 0 Å². The van der Waals surface area contributed by atoms with Crippen LogP contribution in [-0.4, -0.2) is 21.1 Å². The van der Waals surface area contributed by atoms with Crippen molar-refractivity contribution < 1.29 is 0 Å². The van der Waals surface area contributed by atoms with Crippen molar-refractivity contribution in [3.8, 4) is 0 Å². The zero-order valence-electron chi connectivity index (χ0n) is 19.1. The molecule has 0 saturated heterocycles. The molecule has 0 amide bonds. The van der Waals surface area contributed by atoms with Gasteiger partial charge in [0.2, 0.25) is 0 Å². The molecule has 3 heteroatoms. The maximum atomic E-state index is 2.31. The summed E-state index contributed by atoms with van der Waals surface area (Å²) in [5, 5.41) is 0. The molecule has 2 radical (unpaired) electrons. The smallest absolute Gasteiger partial charge is 0.197 e. The minimum absolute atomic E-state index is 0. The van der Waals surface area contributed by atoms with E-state index in [2.05, 4.69) is 13.8 Å². The number of unbranched alkanes of at least 4 members (excludes halogenated alkanes) is 18. The van der Waals surface area contributed by atoms with Gasteiger partial charge in [0.1, 0.15) is 0 Å². The van der Waals surface area contributed by atoms with Crippen LogP contribution in [0.2, 0.25) is 8.87 Å². The molecule has 0 aliphatic heterocycles. The third kappa shape index (κ3) is 32.4. The average Bonchev–Trinajstić information content (AvgIpc) is 2.63. The summed E-state index contributed by atoms with van der Waals surface area (Å²) in [4.78, 5) is 0. The summed E-state index contributed by atoms with van der Waals surface area (Å²) in [6.45, 7) is 4.61. The van der Waals surface area contributed by atoms with Gasteiger partial charge in [0.25, 0.3) is 0 Å². The van der Waals surface area contributed by atoms with Crippen LogP contribution >= 0.6 is 27.0 Å². The van der Waals surface area contributed by atoms with Crippen LogP contribution in [0.25, 0.3) is 0 Å². The standard InChI is InChI=1S/2C12H25.2H2S.Sn/c2*1-3-5-7-9-11-12-10-8-6-4-2;;;/h2*1,3-12H2,2H3;2*1H2;. The molecule has 0 aromatic carbocycles. The van der Waals surface area contributed by atoms with Gasteiger partial charge in [-0.25, -0.2) is 0 Å². The summed E-state index contributed by atoms with van der Waals surface area (Å²) in [5.41, 5.74) is 0. The van der Waals surface area contributed by atoms with Crippen LogP contribution in [-0.2, 0) is 0 Å². The van der Waals surface area contributed by atoms with Crippen molar-refractivity contribution in [2.75, 3.05) is 0 Å². The van der Waals surface area contributed by atoms with E-state index in [1.807, 2.05) is 0 Å². The van der Waals surface area contributed by atoms with Crippen molar-refractivity contribution in [2.24, 2.45) is 0 Å².